The molecule has 126 valence electrons. The topological polar surface area (TPSA) is 22.9 Å². The second-order valence-electron chi connectivity index (χ2n) is 6.22. The molecule has 3 nitrogen and oxygen atoms in total. The summed E-state index contributed by atoms with van der Waals surface area (Å²) in [5.41, 5.74) is 3.00. The first-order chi connectivity index (χ1) is 11.6. The molecule has 0 spiro atoms. The highest BCUT2D eigenvalue weighted by Gasteiger charge is 2.32. The average molecular weight is 328 g/mol. The van der Waals surface area contributed by atoms with E-state index >= 15 is 0 Å². The van der Waals surface area contributed by atoms with E-state index in [-0.39, 0.29) is 11.9 Å². The summed E-state index contributed by atoms with van der Waals surface area (Å²) >= 11 is 0. The zero-order chi connectivity index (χ0) is 17.1. The molecular weight excluding hydrogens is 305 g/mol. The average Bonchev–Trinajstić information content (AvgIpc) is 2.57. The molecule has 1 N–H and O–H groups in total. The standard InChI is InChI=1S/C20H22FNO2/c1-4-23-20-16-7-5-6-8-18(16)24-19(17(20)13-22(2)3)14-9-11-15(21)12-10-14/h5-12,19H,4,13H2,1-3H3/p+1. The molecule has 1 aliphatic heterocycles. The quantitative estimate of drug-likeness (QED) is 0.912. The Bertz CT molecular complexity index is 738. The third kappa shape index (κ3) is 3.29. The molecule has 0 amide bonds. The van der Waals surface area contributed by atoms with Crippen LogP contribution in [-0.4, -0.2) is 27.2 Å². The molecule has 1 aliphatic rings. The lowest BCUT2D eigenvalue weighted by molar-refractivity contribution is -0.853. The van der Waals surface area contributed by atoms with Gasteiger partial charge in [0.15, 0.2) is 6.10 Å². The van der Waals surface area contributed by atoms with Gasteiger partial charge in [0.1, 0.15) is 23.9 Å². The lowest BCUT2D eigenvalue weighted by atomic mass is 9.94. The fourth-order valence-electron chi connectivity index (χ4n) is 3.02. The van der Waals surface area contributed by atoms with Crippen LogP contribution in [0.5, 0.6) is 5.75 Å². The highest BCUT2D eigenvalue weighted by atomic mass is 19.1. The molecular formula is C20H23FNO2+. The fraction of sp³-hybridized carbons (Fsp3) is 0.300. The number of quaternary nitrogens is 1. The molecule has 1 heterocycles. The van der Waals surface area contributed by atoms with Gasteiger partial charge in [-0.25, -0.2) is 4.39 Å². The van der Waals surface area contributed by atoms with Crippen molar-refractivity contribution in [3.8, 4) is 5.75 Å². The number of halogens is 1. The van der Waals surface area contributed by atoms with Crippen LogP contribution >= 0.6 is 0 Å². The molecule has 0 aliphatic carbocycles. The van der Waals surface area contributed by atoms with Crippen LogP contribution in [0.25, 0.3) is 5.76 Å². The molecule has 0 aromatic heterocycles. The Labute approximate surface area is 142 Å². The van der Waals surface area contributed by atoms with E-state index in [1.807, 2.05) is 31.2 Å². The molecule has 0 fully saturated rings. The SMILES string of the molecule is CCOC1=C(C[NH+](C)C)C(c2ccc(F)cc2)Oc2ccccc21. The molecule has 0 saturated heterocycles. The minimum absolute atomic E-state index is 0.247. The molecule has 4 heteroatoms. The first-order valence-electron chi connectivity index (χ1n) is 8.26. The van der Waals surface area contributed by atoms with Gasteiger partial charge in [-0.3, -0.25) is 0 Å². The molecule has 0 saturated carbocycles. The number of hydrogen-bond donors (Lipinski definition) is 1. The summed E-state index contributed by atoms with van der Waals surface area (Å²) < 4.78 is 25.6. The van der Waals surface area contributed by atoms with Crippen molar-refractivity contribution in [1.82, 2.24) is 0 Å². The minimum atomic E-state index is -0.267. The third-order valence-corrected chi connectivity index (χ3v) is 3.99. The van der Waals surface area contributed by atoms with Crippen molar-refractivity contribution in [3.05, 3.63) is 71.0 Å². The Morgan fingerprint density at radius 3 is 2.46 bits per heavy atom. The smallest absolute Gasteiger partial charge is 0.154 e. The maximum atomic E-state index is 13.3. The van der Waals surface area contributed by atoms with Crippen molar-refractivity contribution in [3.63, 3.8) is 0 Å². The molecule has 1 atom stereocenters. The van der Waals surface area contributed by atoms with Gasteiger partial charge in [-0.2, -0.15) is 0 Å². The van der Waals surface area contributed by atoms with Gasteiger partial charge < -0.3 is 14.4 Å². The predicted octanol–water partition coefficient (Wildman–Crippen LogP) is 2.85. The van der Waals surface area contributed by atoms with Crippen LogP contribution in [0.4, 0.5) is 4.39 Å². The number of para-hydroxylation sites is 1. The van der Waals surface area contributed by atoms with Gasteiger partial charge >= 0.3 is 0 Å². The number of fused-ring (bicyclic) bond motifs is 1. The fourth-order valence-corrected chi connectivity index (χ4v) is 3.02. The van der Waals surface area contributed by atoms with Gasteiger partial charge in [0.25, 0.3) is 0 Å². The third-order valence-electron chi connectivity index (χ3n) is 3.99. The van der Waals surface area contributed by atoms with Crippen molar-refractivity contribution < 1.29 is 18.8 Å². The Hall–Kier alpha value is -2.33. The predicted molar refractivity (Wildman–Crippen MR) is 92.4 cm³/mol. The van der Waals surface area contributed by atoms with Crippen molar-refractivity contribution in [2.75, 3.05) is 27.2 Å². The Balaban J connectivity index is 2.13. The van der Waals surface area contributed by atoms with E-state index in [0.29, 0.717) is 6.61 Å². The molecule has 0 bridgehead atoms. The normalized spacial score (nSPS) is 16.8. The van der Waals surface area contributed by atoms with E-state index in [9.17, 15) is 4.39 Å². The Morgan fingerprint density at radius 2 is 1.79 bits per heavy atom. The summed E-state index contributed by atoms with van der Waals surface area (Å²) in [5, 5.41) is 0. The van der Waals surface area contributed by atoms with E-state index in [1.54, 1.807) is 12.1 Å². The van der Waals surface area contributed by atoms with Crippen molar-refractivity contribution in [2.24, 2.45) is 0 Å². The Kier molecular flexibility index (Phi) is 4.86. The van der Waals surface area contributed by atoms with Crippen LogP contribution in [0.15, 0.2) is 54.1 Å². The number of likely N-dealkylation sites (N-methyl/N-ethyl adjacent to an activating group) is 1. The molecule has 24 heavy (non-hydrogen) atoms. The largest absolute Gasteiger partial charge is 0.493 e. The monoisotopic (exact) mass is 328 g/mol. The van der Waals surface area contributed by atoms with Gasteiger partial charge in [-0.05, 0) is 36.8 Å². The lowest BCUT2D eigenvalue weighted by Gasteiger charge is -2.31. The summed E-state index contributed by atoms with van der Waals surface area (Å²) in [5.74, 6) is 1.44. The van der Waals surface area contributed by atoms with E-state index < -0.39 is 0 Å². The molecule has 3 rings (SSSR count). The molecule has 0 radical (unpaired) electrons. The molecule has 1 unspecified atom stereocenters. The van der Waals surface area contributed by atoms with Crippen LogP contribution in [0.1, 0.15) is 24.2 Å². The van der Waals surface area contributed by atoms with Crippen LogP contribution in [0.2, 0.25) is 0 Å². The summed E-state index contributed by atoms with van der Waals surface area (Å²) in [6, 6.07) is 14.4. The van der Waals surface area contributed by atoms with E-state index in [2.05, 4.69) is 14.1 Å². The lowest BCUT2D eigenvalue weighted by Crippen LogP contribution is -3.06. The van der Waals surface area contributed by atoms with Gasteiger partial charge in [-0.1, -0.05) is 24.3 Å². The van der Waals surface area contributed by atoms with E-state index in [4.69, 9.17) is 9.47 Å². The number of benzene rings is 2. The maximum absolute atomic E-state index is 13.3. The highest BCUT2D eigenvalue weighted by Crippen LogP contribution is 2.42. The summed E-state index contributed by atoms with van der Waals surface area (Å²) in [6.45, 7) is 3.36. The number of hydrogen-bond acceptors (Lipinski definition) is 2. The zero-order valence-corrected chi connectivity index (χ0v) is 14.3. The van der Waals surface area contributed by atoms with Gasteiger partial charge in [-0.15, -0.1) is 0 Å². The van der Waals surface area contributed by atoms with E-state index in [1.165, 1.54) is 17.0 Å². The first-order valence-corrected chi connectivity index (χ1v) is 8.26. The van der Waals surface area contributed by atoms with E-state index in [0.717, 1.165) is 34.8 Å². The number of rotatable bonds is 5. The minimum Gasteiger partial charge on any atom is -0.493 e. The maximum Gasteiger partial charge on any atom is 0.154 e. The highest BCUT2D eigenvalue weighted by molar-refractivity contribution is 5.72. The van der Waals surface area contributed by atoms with Gasteiger partial charge in [0.05, 0.1) is 31.8 Å². The van der Waals surface area contributed by atoms with Crippen LogP contribution in [-0.2, 0) is 4.74 Å². The van der Waals surface area contributed by atoms with Crippen LogP contribution in [0, 0.1) is 5.82 Å². The second kappa shape index (κ2) is 7.05. The molecule has 2 aromatic carbocycles. The van der Waals surface area contributed by atoms with Crippen molar-refractivity contribution in [1.29, 1.82) is 0 Å². The Morgan fingerprint density at radius 1 is 1.08 bits per heavy atom. The number of ether oxygens (including phenoxy) is 2. The number of nitrogens with one attached hydrogen (secondary N) is 1. The van der Waals surface area contributed by atoms with Crippen LogP contribution < -0.4 is 9.64 Å². The van der Waals surface area contributed by atoms with Crippen molar-refractivity contribution in [2.45, 2.75) is 13.0 Å². The molecule has 2 aromatic rings. The zero-order valence-electron chi connectivity index (χ0n) is 14.3. The summed E-state index contributed by atoms with van der Waals surface area (Å²) in [7, 11) is 4.19. The first kappa shape index (κ1) is 16.5. The summed E-state index contributed by atoms with van der Waals surface area (Å²) in [6.07, 6.45) is -0.267. The second-order valence-corrected chi connectivity index (χ2v) is 6.22. The van der Waals surface area contributed by atoms with Crippen LogP contribution in [0.3, 0.4) is 0 Å². The van der Waals surface area contributed by atoms with Gasteiger partial charge in [0, 0.05) is 0 Å². The van der Waals surface area contributed by atoms with Crippen molar-refractivity contribution >= 4 is 5.76 Å². The van der Waals surface area contributed by atoms with Gasteiger partial charge in [0.2, 0.25) is 0 Å². The summed E-state index contributed by atoms with van der Waals surface area (Å²) in [4.78, 5) is 1.28.